The minimum atomic E-state index is -0.196. The van der Waals surface area contributed by atoms with Crippen LogP contribution < -0.4 is 14.9 Å². The lowest BCUT2D eigenvalue weighted by Crippen LogP contribution is -2.19. The minimum absolute atomic E-state index is 0.196. The standard InChI is InChI=1S/C27H22BrClN2O3/c1-33-25-14-18(13-23(28)27(25)34-17-21-8-3-5-12-24(21)29)16-30-31-26(32)15-20-10-6-9-19-7-2-4-11-22(19)20/h2-14,16H,15,17H2,1H3,(H,31,32)/b30-16-. The van der Waals surface area contributed by atoms with Crippen LogP contribution in [0.2, 0.25) is 5.02 Å². The fourth-order valence-corrected chi connectivity index (χ4v) is 4.32. The van der Waals surface area contributed by atoms with Gasteiger partial charge in [0, 0.05) is 10.6 Å². The molecule has 1 amide bonds. The molecule has 4 aromatic carbocycles. The molecule has 0 unspecified atom stereocenters. The van der Waals surface area contributed by atoms with Crippen molar-refractivity contribution in [3.63, 3.8) is 0 Å². The third-order valence-corrected chi connectivity index (χ3v) is 6.17. The number of ether oxygens (including phenoxy) is 2. The number of nitrogens with zero attached hydrogens (tertiary/aromatic N) is 1. The molecule has 34 heavy (non-hydrogen) atoms. The number of nitrogens with one attached hydrogen (secondary N) is 1. The summed E-state index contributed by atoms with van der Waals surface area (Å²) in [6.45, 7) is 0.298. The molecule has 7 heteroatoms. The number of hydrazone groups is 1. The Bertz CT molecular complexity index is 1350. The van der Waals surface area contributed by atoms with Gasteiger partial charge in [-0.3, -0.25) is 4.79 Å². The zero-order chi connectivity index (χ0) is 23.9. The first kappa shape index (κ1) is 23.8. The first-order chi connectivity index (χ1) is 16.5. The molecule has 5 nitrogen and oxygen atoms in total. The average molecular weight is 538 g/mol. The van der Waals surface area contributed by atoms with Gasteiger partial charge in [0.1, 0.15) is 6.61 Å². The SMILES string of the molecule is COc1cc(/C=N\NC(=O)Cc2cccc3ccccc23)cc(Br)c1OCc1ccccc1Cl. The summed E-state index contributed by atoms with van der Waals surface area (Å²) < 4.78 is 12.1. The number of hydrogen-bond acceptors (Lipinski definition) is 4. The Morgan fingerprint density at radius 2 is 1.76 bits per heavy atom. The van der Waals surface area contributed by atoms with Crippen LogP contribution in [-0.2, 0) is 17.8 Å². The normalized spacial score (nSPS) is 11.0. The summed E-state index contributed by atoms with van der Waals surface area (Å²) in [4.78, 5) is 12.4. The summed E-state index contributed by atoms with van der Waals surface area (Å²) in [6.07, 6.45) is 1.80. The van der Waals surface area contributed by atoms with E-state index in [4.69, 9.17) is 21.1 Å². The van der Waals surface area contributed by atoms with Crippen molar-refractivity contribution in [3.8, 4) is 11.5 Å². The Morgan fingerprint density at radius 3 is 2.59 bits per heavy atom. The van der Waals surface area contributed by atoms with E-state index in [2.05, 4.69) is 26.5 Å². The fourth-order valence-electron chi connectivity index (χ4n) is 3.56. The second-order valence-electron chi connectivity index (χ2n) is 7.52. The van der Waals surface area contributed by atoms with Crippen LogP contribution in [0, 0.1) is 0 Å². The van der Waals surface area contributed by atoms with Gasteiger partial charge in [-0.1, -0.05) is 72.3 Å². The lowest BCUT2D eigenvalue weighted by molar-refractivity contribution is -0.120. The van der Waals surface area contributed by atoms with Crippen molar-refractivity contribution >= 4 is 50.4 Å². The van der Waals surface area contributed by atoms with Gasteiger partial charge in [-0.25, -0.2) is 5.43 Å². The quantitative estimate of drug-likeness (QED) is 0.205. The molecule has 0 saturated carbocycles. The predicted octanol–water partition coefficient (Wildman–Crippen LogP) is 6.54. The molecule has 0 aliphatic heterocycles. The molecule has 0 bridgehead atoms. The highest BCUT2D eigenvalue weighted by molar-refractivity contribution is 9.10. The largest absolute Gasteiger partial charge is 0.493 e. The molecule has 0 saturated heterocycles. The molecular weight excluding hydrogens is 516 g/mol. The first-order valence-corrected chi connectivity index (χ1v) is 11.7. The van der Waals surface area contributed by atoms with E-state index in [1.54, 1.807) is 19.4 Å². The van der Waals surface area contributed by atoms with Crippen molar-refractivity contribution in [2.24, 2.45) is 5.10 Å². The molecule has 4 rings (SSSR count). The zero-order valence-corrected chi connectivity index (χ0v) is 20.8. The molecule has 0 atom stereocenters. The Balaban J connectivity index is 1.42. The number of rotatable bonds is 8. The van der Waals surface area contributed by atoms with Crippen LogP contribution >= 0.6 is 27.5 Å². The van der Waals surface area contributed by atoms with E-state index >= 15 is 0 Å². The molecule has 1 N–H and O–H groups in total. The molecule has 0 spiro atoms. The molecule has 172 valence electrons. The van der Waals surface area contributed by atoms with E-state index in [0.29, 0.717) is 27.6 Å². The second kappa shape index (κ2) is 11.2. The Labute approximate surface area is 211 Å². The number of benzene rings is 4. The first-order valence-electron chi connectivity index (χ1n) is 10.6. The van der Waals surface area contributed by atoms with E-state index in [-0.39, 0.29) is 12.3 Å². The zero-order valence-electron chi connectivity index (χ0n) is 18.4. The average Bonchev–Trinajstić information content (AvgIpc) is 2.84. The van der Waals surface area contributed by atoms with Gasteiger partial charge in [0.25, 0.3) is 0 Å². The van der Waals surface area contributed by atoms with Crippen LogP contribution in [0.3, 0.4) is 0 Å². The lowest BCUT2D eigenvalue weighted by Gasteiger charge is -2.14. The Morgan fingerprint density at radius 1 is 1.03 bits per heavy atom. The van der Waals surface area contributed by atoms with Crippen LogP contribution in [0.25, 0.3) is 10.8 Å². The van der Waals surface area contributed by atoms with Crippen LogP contribution in [0.1, 0.15) is 16.7 Å². The molecule has 0 heterocycles. The van der Waals surface area contributed by atoms with E-state index in [1.165, 1.54) is 0 Å². The molecule has 0 aliphatic carbocycles. The number of fused-ring (bicyclic) bond motifs is 1. The van der Waals surface area contributed by atoms with Gasteiger partial charge in [-0.2, -0.15) is 5.10 Å². The summed E-state index contributed by atoms with van der Waals surface area (Å²) in [7, 11) is 1.57. The lowest BCUT2D eigenvalue weighted by atomic mass is 10.0. The minimum Gasteiger partial charge on any atom is -0.493 e. The molecular formula is C27H22BrClN2O3. The fraction of sp³-hybridized carbons (Fsp3) is 0.111. The number of methoxy groups -OCH3 is 1. The van der Waals surface area contributed by atoms with Crippen LogP contribution in [0.15, 0.2) is 88.4 Å². The number of carbonyl (C=O) groups excluding carboxylic acids is 1. The Kier molecular flexibility index (Phi) is 7.83. The van der Waals surface area contributed by atoms with E-state index in [0.717, 1.165) is 27.5 Å². The number of amides is 1. The highest BCUT2D eigenvalue weighted by atomic mass is 79.9. The Hall–Kier alpha value is -3.35. The maximum atomic E-state index is 12.4. The van der Waals surface area contributed by atoms with Crippen LogP contribution in [-0.4, -0.2) is 19.2 Å². The number of carbonyl (C=O) groups is 1. The van der Waals surface area contributed by atoms with Gasteiger partial charge in [0.15, 0.2) is 11.5 Å². The summed E-state index contributed by atoms with van der Waals surface area (Å²) in [5.41, 5.74) is 5.16. The van der Waals surface area contributed by atoms with Crippen LogP contribution in [0.4, 0.5) is 0 Å². The van der Waals surface area contributed by atoms with Gasteiger partial charge < -0.3 is 9.47 Å². The monoisotopic (exact) mass is 536 g/mol. The second-order valence-corrected chi connectivity index (χ2v) is 8.78. The highest BCUT2D eigenvalue weighted by Gasteiger charge is 2.13. The molecule has 0 aliphatic rings. The third-order valence-electron chi connectivity index (χ3n) is 5.22. The number of hydrogen-bond donors (Lipinski definition) is 1. The number of halogens is 2. The summed E-state index contributed by atoms with van der Waals surface area (Å²) in [5, 5.41) is 6.91. The van der Waals surface area contributed by atoms with E-state index in [1.807, 2.05) is 72.8 Å². The summed E-state index contributed by atoms with van der Waals surface area (Å²) >= 11 is 9.75. The maximum Gasteiger partial charge on any atom is 0.244 e. The maximum absolute atomic E-state index is 12.4. The van der Waals surface area contributed by atoms with Gasteiger partial charge in [0.05, 0.1) is 24.2 Å². The summed E-state index contributed by atoms with van der Waals surface area (Å²) in [6, 6.07) is 25.1. The molecule has 4 aromatic rings. The van der Waals surface area contributed by atoms with Crippen molar-refractivity contribution in [2.45, 2.75) is 13.0 Å². The third kappa shape index (κ3) is 5.76. The van der Waals surface area contributed by atoms with Crippen molar-refractivity contribution in [1.29, 1.82) is 0 Å². The van der Waals surface area contributed by atoms with E-state index < -0.39 is 0 Å². The van der Waals surface area contributed by atoms with Crippen molar-refractivity contribution in [2.75, 3.05) is 7.11 Å². The predicted molar refractivity (Wildman–Crippen MR) is 140 cm³/mol. The summed E-state index contributed by atoms with van der Waals surface area (Å²) in [5.74, 6) is 0.892. The van der Waals surface area contributed by atoms with Gasteiger partial charge in [0.2, 0.25) is 5.91 Å². The molecule has 0 radical (unpaired) electrons. The van der Waals surface area contributed by atoms with E-state index in [9.17, 15) is 4.79 Å². The van der Waals surface area contributed by atoms with Gasteiger partial charge in [-0.15, -0.1) is 0 Å². The topological polar surface area (TPSA) is 59.9 Å². The van der Waals surface area contributed by atoms with Crippen molar-refractivity contribution in [3.05, 3.63) is 105 Å². The molecule has 0 fully saturated rings. The van der Waals surface area contributed by atoms with Crippen molar-refractivity contribution < 1.29 is 14.3 Å². The van der Waals surface area contributed by atoms with Crippen LogP contribution in [0.5, 0.6) is 11.5 Å². The van der Waals surface area contributed by atoms with Gasteiger partial charge >= 0.3 is 0 Å². The molecule has 0 aromatic heterocycles. The highest BCUT2D eigenvalue weighted by Crippen LogP contribution is 2.37. The smallest absolute Gasteiger partial charge is 0.244 e. The van der Waals surface area contributed by atoms with Crippen molar-refractivity contribution in [1.82, 2.24) is 5.43 Å². The van der Waals surface area contributed by atoms with Gasteiger partial charge in [-0.05, 0) is 56.0 Å².